The van der Waals surface area contributed by atoms with E-state index in [1.54, 1.807) is 31.9 Å². The summed E-state index contributed by atoms with van der Waals surface area (Å²) >= 11 is 0. The monoisotopic (exact) mass is 300 g/mol. The number of aromatic nitrogens is 1. The minimum absolute atomic E-state index is 0.105. The molecule has 0 bridgehead atoms. The highest BCUT2D eigenvalue weighted by Gasteiger charge is 2.25. The smallest absolute Gasteiger partial charge is 0.308 e. The average molecular weight is 300 g/mol. The molecule has 116 valence electrons. The van der Waals surface area contributed by atoms with Crippen LogP contribution in [0.3, 0.4) is 0 Å². The van der Waals surface area contributed by atoms with Crippen LogP contribution >= 0.6 is 0 Å². The molecule has 5 heteroatoms. The number of carboxylic acids is 1. The molecule has 1 heterocycles. The van der Waals surface area contributed by atoms with Gasteiger partial charge in [-0.3, -0.25) is 14.6 Å². The van der Waals surface area contributed by atoms with Gasteiger partial charge in [0.1, 0.15) is 0 Å². The Balaban J connectivity index is 2.51. The van der Waals surface area contributed by atoms with E-state index in [2.05, 4.69) is 4.98 Å². The van der Waals surface area contributed by atoms with Crippen molar-refractivity contribution in [1.29, 1.82) is 0 Å². The predicted molar refractivity (Wildman–Crippen MR) is 85.7 cm³/mol. The molecular formula is C17H20N2O3. The number of rotatable bonds is 5. The summed E-state index contributed by atoms with van der Waals surface area (Å²) in [6, 6.07) is 9.34. The Morgan fingerprint density at radius 2 is 1.86 bits per heavy atom. The molecule has 0 spiro atoms. The molecule has 1 aromatic carbocycles. The highest BCUT2D eigenvalue weighted by atomic mass is 16.4. The Bertz CT molecular complexity index is 692. The minimum Gasteiger partial charge on any atom is -0.481 e. The quantitative estimate of drug-likeness (QED) is 0.921. The van der Waals surface area contributed by atoms with Crippen LogP contribution in [-0.2, 0) is 9.59 Å². The fourth-order valence-corrected chi connectivity index (χ4v) is 2.28. The molecule has 1 aromatic heterocycles. The topological polar surface area (TPSA) is 70.5 Å². The molecule has 0 fully saturated rings. The molecule has 1 N–H and O–H groups in total. The van der Waals surface area contributed by atoms with E-state index in [4.69, 9.17) is 5.11 Å². The lowest BCUT2D eigenvalue weighted by Crippen LogP contribution is -2.39. The van der Waals surface area contributed by atoms with Crippen LogP contribution in [-0.4, -0.2) is 28.5 Å². The predicted octanol–water partition coefficient (Wildman–Crippen LogP) is 2.94. The van der Waals surface area contributed by atoms with Crippen molar-refractivity contribution >= 4 is 28.5 Å². The molecule has 0 aliphatic carbocycles. The number of carbonyl (C=O) groups is 2. The second-order valence-electron chi connectivity index (χ2n) is 5.70. The SMILES string of the molecule is CC(C)C(=O)N(CC(C)C(=O)O)c1cccc2cccnc12. The van der Waals surface area contributed by atoms with Crippen molar-refractivity contribution in [3.05, 3.63) is 36.5 Å². The first kappa shape index (κ1) is 15.9. The summed E-state index contributed by atoms with van der Waals surface area (Å²) in [6.07, 6.45) is 1.67. The minimum atomic E-state index is -0.922. The van der Waals surface area contributed by atoms with Crippen LogP contribution in [0.1, 0.15) is 20.8 Å². The third-order valence-corrected chi connectivity index (χ3v) is 3.54. The third kappa shape index (κ3) is 3.24. The standard InChI is InChI=1S/C17H20N2O3/c1-11(2)16(20)19(10-12(3)17(21)22)14-8-4-6-13-7-5-9-18-15(13)14/h4-9,11-12H,10H2,1-3H3,(H,21,22). The van der Waals surface area contributed by atoms with Crippen molar-refractivity contribution in [1.82, 2.24) is 4.98 Å². The molecule has 2 aromatic rings. The summed E-state index contributed by atoms with van der Waals surface area (Å²) in [5, 5.41) is 10.1. The summed E-state index contributed by atoms with van der Waals surface area (Å²) in [7, 11) is 0. The highest BCUT2D eigenvalue weighted by Crippen LogP contribution is 2.27. The van der Waals surface area contributed by atoms with Gasteiger partial charge >= 0.3 is 5.97 Å². The number of carbonyl (C=O) groups excluding carboxylic acids is 1. The maximum Gasteiger partial charge on any atom is 0.308 e. The van der Waals surface area contributed by atoms with Crippen molar-refractivity contribution < 1.29 is 14.7 Å². The molecule has 1 atom stereocenters. The number of carboxylic acid groups (broad SMARTS) is 1. The van der Waals surface area contributed by atoms with Crippen LogP contribution in [0.4, 0.5) is 5.69 Å². The van der Waals surface area contributed by atoms with Crippen LogP contribution < -0.4 is 4.90 Å². The van der Waals surface area contributed by atoms with Crippen molar-refractivity contribution in [2.24, 2.45) is 11.8 Å². The van der Waals surface area contributed by atoms with Crippen LogP contribution in [0.15, 0.2) is 36.5 Å². The van der Waals surface area contributed by atoms with E-state index >= 15 is 0 Å². The molecule has 0 saturated carbocycles. The van der Waals surface area contributed by atoms with Crippen molar-refractivity contribution in [2.45, 2.75) is 20.8 Å². The molecule has 0 aliphatic rings. The molecule has 2 rings (SSSR count). The Kier molecular flexibility index (Phi) is 4.75. The summed E-state index contributed by atoms with van der Waals surface area (Å²) in [6.45, 7) is 5.34. The lowest BCUT2D eigenvalue weighted by molar-refractivity contribution is -0.140. The number of nitrogens with zero attached hydrogens (tertiary/aromatic N) is 2. The van der Waals surface area contributed by atoms with E-state index < -0.39 is 11.9 Å². The molecule has 0 aliphatic heterocycles. The van der Waals surface area contributed by atoms with Gasteiger partial charge in [-0.2, -0.15) is 0 Å². The molecule has 5 nitrogen and oxygen atoms in total. The number of amides is 1. The van der Waals surface area contributed by atoms with Crippen LogP contribution in [0.25, 0.3) is 10.9 Å². The number of fused-ring (bicyclic) bond motifs is 1. The molecule has 1 amide bonds. The fourth-order valence-electron chi connectivity index (χ4n) is 2.28. The van der Waals surface area contributed by atoms with Gasteiger partial charge in [-0.1, -0.05) is 39.0 Å². The second-order valence-corrected chi connectivity index (χ2v) is 5.70. The normalized spacial score (nSPS) is 12.4. The third-order valence-electron chi connectivity index (χ3n) is 3.54. The Morgan fingerprint density at radius 1 is 1.18 bits per heavy atom. The fraction of sp³-hybridized carbons (Fsp3) is 0.353. The first-order valence-corrected chi connectivity index (χ1v) is 7.29. The first-order valence-electron chi connectivity index (χ1n) is 7.29. The van der Waals surface area contributed by atoms with Crippen molar-refractivity contribution in [3.8, 4) is 0 Å². The summed E-state index contributed by atoms with van der Waals surface area (Å²) in [5.74, 6) is -1.90. The van der Waals surface area contributed by atoms with Crippen LogP contribution in [0.2, 0.25) is 0 Å². The van der Waals surface area contributed by atoms with E-state index in [9.17, 15) is 9.59 Å². The second kappa shape index (κ2) is 6.56. The van der Waals surface area contributed by atoms with Gasteiger partial charge in [0.2, 0.25) is 5.91 Å². The lowest BCUT2D eigenvalue weighted by Gasteiger charge is -2.27. The number of anilines is 1. The van der Waals surface area contributed by atoms with Gasteiger partial charge in [0, 0.05) is 24.0 Å². The number of para-hydroxylation sites is 1. The number of benzene rings is 1. The van der Waals surface area contributed by atoms with Gasteiger partial charge < -0.3 is 10.0 Å². The Morgan fingerprint density at radius 3 is 2.50 bits per heavy atom. The van der Waals surface area contributed by atoms with Gasteiger partial charge in [-0.25, -0.2) is 0 Å². The number of hydrogen-bond acceptors (Lipinski definition) is 3. The van der Waals surface area contributed by atoms with E-state index in [-0.39, 0.29) is 18.4 Å². The average Bonchev–Trinajstić information content (AvgIpc) is 2.51. The van der Waals surface area contributed by atoms with E-state index in [1.807, 2.05) is 30.3 Å². The summed E-state index contributed by atoms with van der Waals surface area (Å²) in [5.41, 5.74) is 1.36. The molecule has 1 unspecified atom stereocenters. The summed E-state index contributed by atoms with van der Waals surface area (Å²) < 4.78 is 0. The van der Waals surface area contributed by atoms with Crippen LogP contribution in [0, 0.1) is 11.8 Å². The van der Waals surface area contributed by atoms with Crippen LogP contribution in [0.5, 0.6) is 0 Å². The van der Waals surface area contributed by atoms with E-state index in [1.165, 1.54) is 0 Å². The molecule has 0 saturated heterocycles. The van der Waals surface area contributed by atoms with Gasteiger partial charge in [0.05, 0.1) is 17.1 Å². The van der Waals surface area contributed by atoms with Gasteiger partial charge in [0.15, 0.2) is 0 Å². The Hall–Kier alpha value is -2.43. The zero-order valence-corrected chi connectivity index (χ0v) is 13.0. The first-order chi connectivity index (χ1) is 10.4. The zero-order valence-electron chi connectivity index (χ0n) is 13.0. The molecule has 22 heavy (non-hydrogen) atoms. The highest BCUT2D eigenvalue weighted by molar-refractivity contribution is 6.03. The maximum absolute atomic E-state index is 12.6. The van der Waals surface area contributed by atoms with E-state index in [0.29, 0.717) is 11.2 Å². The molecular weight excluding hydrogens is 280 g/mol. The number of aliphatic carboxylic acids is 1. The lowest BCUT2D eigenvalue weighted by atomic mass is 10.1. The Labute approximate surface area is 129 Å². The summed E-state index contributed by atoms with van der Waals surface area (Å²) in [4.78, 5) is 29.6. The van der Waals surface area contributed by atoms with E-state index in [0.717, 1.165) is 5.39 Å². The largest absolute Gasteiger partial charge is 0.481 e. The van der Waals surface area contributed by atoms with Crippen molar-refractivity contribution in [2.75, 3.05) is 11.4 Å². The zero-order chi connectivity index (χ0) is 16.3. The number of pyridine rings is 1. The van der Waals surface area contributed by atoms with Crippen molar-refractivity contribution in [3.63, 3.8) is 0 Å². The number of hydrogen-bond donors (Lipinski definition) is 1. The van der Waals surface area contributed by atoms with Gasteiger partial charge in [0.25, 0.3) is 0 Å². The van der Waals surface area contributed by atoms with Gasteiger partial charge in [-0.05, 0) is 12.1 Å². The van der Waals surface area contributed by atoms with Gasteiger partial charge in [-0.15, -0.1) is 0 Å². The molecule has 0 radical (unpaired) electrons. The maximum atomic E-state index is 12.6.